The largest absolute Gasteiger partial charge is 0.494 e. The molecular weight excluding hydrogens is 337 g/mol. The number of ether oxygens (including phenoxy) is 1. The van der Waals surface area contributed by atoms with Crippen molar-refractivity contribution >= 4 is 5.91 Å². The minimum atomic E-state index is -0.476. The first-order valence-corrected chi connectivity index (χ1v) is 8.75. The molecular formula is C19H22FN3O3. The summed E-state index contributed by atoms with van der Waals surface area (Å²) in [7, 11) is 1.41. The van der Waals surface area contributed by atoms with Gasteiger partial charge in [-0.2, -0.15) is 5.10 Å². The van der Waals surface area contributed by atoms with E-state index < -0.39 is 5.82 Å². The lowest BCUT2D eigenvalue weighted by molar-refractivity contribution is -0.132. The highest BCUT2D eigenvalue weighted by atomic mass is 19.1. The summed E-state index contributed by atoms with van der Waals surface area (Å²) in [4.78, 5) is 25.9. The Kier molecular flexibility index (Phi) is 5.35. The third-order valence-corrected chi connectivity index (χ3v) is 4.74. The van der Waals surface area contributed by atoms with E-state index in [4.69, 9.17) is 4.74 Å². The standard InChI is InChI=1S/C19H22FN3O3/c1-3-18(24)22-10-8-14(9-11-22)23-19(25)7-5-16(21-23)13-4-6-17(26-2)15(20)12-13/h4-7,12,14H,3,8-11H2,1-2H3. The summed E-state index contributed by atoms with van der Waals surface area (Å²) in [6, 6.07) is 7.58. The first-order valence-electron chi connectivity index (χ1n) is 8.75. The molecule has 7 heteroatoms. The molecule has 0 N–H and O–H groups in total. The number of benzene rings is 1. The molecule has 1 fully saturated rings. The molecule has 1 amide bonds. The molecule has 3 rings (SSSR count). The first-order chi connectivity index (χ1) is 12.5. The Hall–Kier alpha value is -2.70. The molecule has 2 aromatic rings. The van der Waals surface area contributed by atoms with Crippen molar-refractivity contribution in [3.05, 3.63) is 46.5 Å². The Bertz CT molecular complexity index is 857. The summed E-state index contributed by atoms with van der Waals surface area (Å²) in [6.07, 6.45) is 1.85. The molecule has 1 saturated heterocycles. The maximum absolute atomic E-state index is 14.0. The Labute approximate surface area is 151 Å². The van der Waals surface area contributed by atoms with Gasteiger partial charge in [0.15, 0.2) is 11.6 Å². The van der Waals surface area contributed by atoms with Gasteiger partial charge in [-0.25, -0.2) is 9.07 Å². The number of piperidine rings is 1. The zero-order valence-corrected chi connectivity index (χ0v) is 14.9. The summed E-state index contributed by atoms with van der Waals surface area (Å²) >= 11 is 0. The van der Waals surface area contributed by atoms with E-state index in [0.29, 0.717) is 43.6 Å². The van der Waals surface area contributed by atoms with E-state index in [9.17, 15) is 14.0 Å². The van der Waals surface area contributed by atoms with Crippen molar-refractivity contribution in [1.82, 2.24) is 14.7 Å². The van der Waals surface area contributed by atoms with E-state index in [2.05, 4.69) is 5.10 Å². The summed E-state index contributed by atoms with van der Waals surface area (Å²) in [5.41, 5.74) is 0.914. The quantitative estimate of drug-likeness (QED) is 0.842. The van der Waals surface area contributed by atoms with E-state index in [0.717, 1.165) is 0 Å². The number of methoxy groups -OCH3 is 1. The molecule has 1 aliphatic rings. The van der Waals surface area contributed by atoms with Crippen LogP contribution in [-0.2, 0) is 4.79 Å². The van der Waals surface area contributed by atoms with Gasteiger partial charge in [-0.3, -0.25) is 9.59 Å². The molecule has 0 unspecified atom stereocenters. The van der Waals surface area contributed by atoms with Gasteiger partial charge in [0.1, 0.15) is 0 Å². The lowest BCUT2D eigenvalue weighted by Gasteiger charge is -2.32. The van der Waals surface area contributed by atoms with Crippen LogP contribution < -0.4 is 10.3 Å². The molecule has 0 saturated carbocycles. The summed E-state index contributed by atoms with van der Waals surface area (Å²) in [6.45, 7) is 3.08. The SMILES string of the molecule is CCC(=O)N1CCC(n2nc(-c3ccc(OC)c(F)c3)ccc2=O)CC1. The number of amides is 1. The Morgan fingerprint density at radius 3 is 2.62 bits per heavy atom. The number of carbonyl (C=O) groups excluding carboxylic acids is 1. The fourth-order valence-corrected chi connectivity index (χ4v) is 3.25. The molecule has 1 aromatic heterocycles. The van der Waals surface area contributed by atoms with Crippen LogP contribution in [0.3, 0.4) is 0 Å². The monoisotopic (exact) mass is 359 g/mol. The van der Waals surface area contributed by atoms with E-state index in [1.54, 1.807) is 12.1 Å². The van der Waals surface area contributed by atoms with Gasteiger partial charge in [0.05, 0.1) is 18.8 Å². The van der Waals surface area contributed by atoms with Crippen LogP contribution in [-0.4, -0.2) is 40.8 Å². The molecule has 0 atom stereocenters. The van der Waals surface area contributed by atoms with Gasteiger partial charge in [0, 0.05) is 31.1 Å². The van der Waals surface area contributed by atoms with Crippen LogP contribution in [0.5, 0.6) is 5.75 Å². The number of likely N-dealkylation sites (tertiary alicyclic amines) is 1. The van der Waals surface area contributed by atoms with Crippen molar-refractivity contribution in [1.29, 1.82) is 0 Å². The van der Waals surface area contributed by atoms with Crippen molar-refractivity contribution in [2.75, 3.05) is 20.2 Å². The van der Waals surface area contributed by atoms with E-state index in [1.807, 2.05) is 11.8 Å². The normalized spacial score (nSPS) is 15.1. The molecule has 0 aliphatic carbocycles. The second kappa shape index (κ2) is 7.68. The fourth-order valence-electron chi connectivity index (χ4n) is 3.25. The van der Waals surface area contributed by atoms with Crippen LogP contribution in [0.1, 0.15) is 32.2 Å². The van der Waals surface area contributed by atoms with Crippen LogP contribution >= 0.6 is 0 Å². The first kappa shape index (κ1) is 18.1. The van der Waals surface area contributed by atoms with Gasteiger partial charge in [0.2, 0.25) is 5.91 Å². The number of rotatable bonds is 4. The number of nitrogens with zero attached hydrogens (tertiary/aromatic N) is 3. The van der Waals surface area contributed by atoms with Gasteiger partial charge < -0.3 is 9.64 Å². The molecule has 1 aromatic carbocycles. The highest BCUT2D eigenvalue weighted by Gasteiger charge is 2.24. The van der Waals surface area contributed by atoms with Gasteiger partial charge in [-0.15, -0.1) is 0 Å². The van der Waals surface area contributed by atoms with Crippen LogP contribution in [0.15, 0.2) is 35.1 Å². The number of hydrogen-bond acceptors (Lipinski definition) is 4. The van der Waals surface area contributed by atoms with Gasteiger partial charge in [0.25, 0.3) is 5.56 Å². The minimum absolute atomic E-state index is 0.0635. The predicted molar refractivity (Wildman–Crippen MR) is 95.6 cm³/mol. The fraction of sp³-hybridized carbons (Fsp3) is 0.421. The third-order valence-electron chi connectivity index (χ3n) is 4.74. The Balaban J connectivity index is 1.84. The number of hydrogen-bond donors (Lipinski definition) is 0. The highest BCUT2D eigenvalue weighted by Crippen LogP contribution is 2.25. The minimum Gasteiger partial charge on any atom is -0.494 e. The smallest absolute Gasteiger partial charge is 0.267 e. The molecule has 2 heterocycles. The molecule has 138 valence electrons. The van der Waals surface area contributed by atoms with Crippen molar-refractivity contribution in [2.45, 2.75) is 32.2 Å². The lowest BCUT2D eigenvalue weighted by Crippen LogP contribution is -2.41. The zero-order chi connectivity index (χ0) is 18.7. The second-order valence-corrected chi connectivity index (χ2v) is 6.32. The maximum Gasteiger partial charge on any atom is 0.267 e. The van der Waals surface area contributed by atoms with Crippen LogP contribution in [0.25, 0.3) is 11.3 Å². The van der Waals surface area contributed by atoms with Crippen molar-refractivity contribution in [3.8, 4) is 17.0 Å². The van der Waals surface area contributed by atoms with Crippen LogP contribution in [0, 0.1) is 5.82 Å². The molecule has 6 nitrogen and oxygen atoms in total. The van der Waals surface area contributed by atoms with Crippen LogP contribution in [0.4, 0.5) is 4.39 Å². The average Bonchev–Trinajstić information content (AvgIpc) is 2.68. The number of halogens is 1. The summed E-state index contributed by atoms with van der Waals surface area (Å²) in [5, 5.41) is 4.45. The lowest BCUT2D eigenvalue weighted by atomic mass is 10.0. The molecule has 1 aliphatic heterocycles. The van der Waals surface area contributed by atoms with Crippen molar-refractivity contribution < 1.29 is 13.9 Å². The Morgan fingerprint density at radius 1 is 1.27 bits per heavy atom. The third kappa shape index (κ3) is 3.61. The highest BCUT2D eigenvalue weighted by molar-refractivity contribution is 5.75. The van der Waals surface area contributed by atoms with Crippen molar-refractivity contribution in [2.24, 2.45) is 0 Å². The topological polar surface area (TPSA) is 64.4 Å². The van der Waals surface area contributed by atoms with E-state index in [-0.39, 0.29) is 23.3 Å². The predicted octanol–water partition coefficient (Wildman–Crippen LogP) is 2.63. The van der Waals surface area contributed by atoms with E-state index >= 15 is 0 Å². The maximum atomic E-state index is 14.0. The van der Waals surface area contributed by atoms with Gasteiger partial charge >= 0.3 is 0 Å². The second-order valence-electron chi connectivity index (χ2n) is 6.32. The average molecular weight is 359 g/mol. The molecule has 26 heavy (non-hydrogen) atoms. The van der Waals surface area contributed by atoms with E-state index in [1.165, 1.54) is 30.0 Å². The van der Waals surface area contributed by atoms with Gasteiger partial charge in [-0.05, 0) is 37.1 Å². The summed E-state index contributed by atoms with van der Waals surface area (Å²) in [5.74, 6) is -0.183. The number of aromatic nitrogens is 2. The molecule has 0 radical (unpaired) electrons. The molecule has 0 bridgehead atoms. The van der Waals surface area contributed by atoms with Crippen LogP contribution in [0.2, 0.25) is 0 Å². The number of carbonyl (C=O) groups is 1. The van der Waals surface area contributed by atoms with Crippen molar-refractivity contribution in [3.63, 3.8) is 0 Å². The Morgan fingerprint density at radius 2 is 2.00 bits per heavy atom. The zero-order valence-electron chi connectivity index (χ0n) is 14.9. The molecule has 0 spiro atoms. The summed E-state index contributed by atoms with van der Waals surface area (Å²) < 4.78 is 20.4. The van der Waals surface area contributed by atoms with Gasteiger partial charge in [-0.1, -0.05) is 6.92 Å².